The molecule has 0 atom stereocenters. The Labute approximate surface area is 110 Å². The van der Waals surface area contributed by atoms with Crippen molar-refractivity contribution in [2.45, 2.75) is 19.6 Å². The molecule has 0 aliphatic rings. The van der Waals surface area contributed by atoms with Gasteiger partial charge in [0.1, 0.15) is 11.2 Å². The van der Waals surface area contributed by atoms with Gasteiger partial charge < -0.3 is 5.21 Å². The van der Waals surface area contributed by atoms with Crippen LogP contribution in [0.15, 0.2) is 24.3 Å². The molecule has 0 saturated heterocycles. The molecule has 0 fully saturated rings. The lowest BCUT2D eigenvalue weighted by atomic mass is 10.2. The van der Waals surface area contributed by atoms with Gasteiger partial charge in [-0.1, -0.05) is 19.1 Å². The molecule has 0 amide bonds. The molecule has 2 aromatic rings. The van der Waals surface area contributed by atoms with Gasteiger partial charge in [-0.05, 0) is 11.8 Å². The number of aromatic nitrogens is 2. The second-order valence-corrected chi connectivity index (χ2v) is 5.16. The summed E-state index contributed by atoms with van der Waals surface area (Å²) in [6, 6.07) is 7.06. The average Bonchev–Trinajstić information content (AvgIpc) is 2.36. The number of carbonyl (C=O) groups excluding carboxylic acids is 1. The molecule has 0 aliphatic heterocycles. The van der Waals surface area contributed by atoms with Crippen LogP contribution in [0, 0.1) is 5.21 Å². The van der Waals surface area contributed by atoms with Crippen LogP contribution >= 0.6 is 11.8 Å². The van der Waals surface area contributed by atoms with Gasteiger partial charge in [-0.2, -0.15) is 16.5 Å². The van der Waals surface area contributed by atoms with Crippen molar-refractivity contribution < 1.29 is 9.52 Å². The lowest BCUT2D eigenvalue weighted by Gasteiger charge is -2.09. The lowest BCUT2D eigenvalue weighted by molar-refractivity contribution is -0.580. The molecule has 0 saturated carbocycles. The predicted molar refractivity (Wildman–Crippen MR) is 72.5 cm³/mol. The summed E-state index contributed by atoms with van der Waals surface area (Å²) < 4.78 is 0.705. The van der Waals surface area contributed by atoms with Crippen molar-refractivity contribution >= 4 is 28.6 Å². The quantitative estimate of drug-likeness (QED) is 0.482. The minimum absolute atomic E-state index is 0.162. The van der Waals surface area contributed by atoms with Crippen molar-refractivity contribution in [3.63, 3.8) is 0 Å². The normalized spacial score (nSPS) is 10.8. The van der Waals surface area contributed by atoms with Crippen LogP contribution in [-0.2, 0) is 5.75 Å². The fourth-order valence-electron chi connectivity index (χ4n) is 1.81. The Morgan fingerprint density at radius 3 is 2.83 bits per heavy atom. The molecule has 0 N–H and O–H groups in total. The van der Waals surface area contributed by atoms with E-state index in [1.807, 2.05) is 13.0 Å². The molecule has 0 aliphatic carbocycles. The monoisotopic (exact) mass is 262 g/mol. The van der Waals surface area contributed by atoms with E-state index in [0.717, 1.165) is 5.75 Å². The van der Waals surface area contributed by atoms with Crippen LogP contribution in [0.1, 0.15) is 30.0 Å². The number of rotatable bonds is 4. The minimum atomic E-state index is -0.241. The molecule has 1 heterocycles. The third-order valence-electron chi connectivity index (χ3n) is 2.61. The molecule has 0 radical (unpaired) electrons. The molecule has 0 bridgehead atoms. The molecule has 1 aromatic carbocycles. The Bertz CT molecular complexity index is 599. The number of hydrogen-bond acceptors (Lipinski definition) is 4. The molecule has 4 nitrogen and oxygen atoms in total. The number of benzene rings is 1. The third kappa shape index (κ3) is 2.31. The smallest absolute Gasteiger partial charge is 0.282 e. The summed E-state index contributed by atoms with van der Waals surface area (Å²) >= 11 is 1.64. The van der Waals surface area contributed by atoms with Gasteiger partial charge in [0.05, 0.1) is 0 Å². The van der Waals surface area contributed by atoms with Gasteiger partial charge in [-0.15, -0.1) is 0 Å². The Kier molecular flexibility index (Phi) is 3.81. The van der Waals surface area contributed by atoms with Crippen LogP contribution < -0.4 is 4.73 Å². The summed E-state index contributed by atoms with van der Waals surface area (Å²) in [5, 5.41) is 12.2. The standard InChI is InChI=1S/C13H14N2O2S/c1-3-18-8-11-13(9(2)16)15(17)12-7-5-4-6-10(12)14-11/h4-7H,3,8H2,1-2H3. The zero-order valence-electron chi connectivity index (χ0n) is 10.3. The van der Waals surface area contributed by atoms with E-state index in [2.05, 4.69) is 4.98 Å². The first kappa shape index (κ1) is 12.8. The largest absolute Gasteiger partial charge is 0.618 e. The zero-order valence-corrected chi connectivity index (χ0v) is 11.2. The lowest BCUT2D eigenvalue weighted by Crippen LogP contribution is -2.37. The first-order chi connectivity index (χ1) is 8.65. The van der Waals surface area contributed by atoms with Crippen LogP contribution in [0.2, 0.25) is 0 Å². The molecule has 0 spiro atoms. The highest BCUT2D eigenvalue weighted by atomic mass is 32.2. The number of nitrogens with zero attached hydrogens (tertiary/aromatic N) is 2. The van der Waals surface area contributed by atoms with E-state index >= 15 is 0 Å². The van der Waals surface area contributed by atoms with Gasteiger partial charge in [0.2, 0.25) is 11.3 Å². The van der Waals surface area contributed by atoms with Crippen molar-refractivity contribution in [2.75, 3.05) is 5.75 Å². The summed E-state index contributed by atoms with van der Waals surface area (Å²) in [5.41, 5.74) is 1.80. The van der Waals surface area contributed by atoms with Gasteiger partial charge in [-0.3, -0.25) is 4.79 Å². The molecular formula is C13H14N2O2S. The first-order valence-corrected chi connectivity index (χ1v) is 6.90. The van der Waals surface area contributed by atoms with E-state index in [9.17, 15) is 10.0 Å². The van der Waals surface area contributed by atoms with Crippen LogP contribution in [0.25, 0.3) is 11.0 Å². The fraction of sp³-hybridized carbons (Fsp3) is 0.308. The van der Waals surface area contributed by atoms with Gasteiger partial charge in [0, 0.05) is 18.7 Å². The number of hydrogen-bond donors (Lipinski definition) is 0. The highest BCUT2D eigenvalue weighted by Crippen LogP contribution is 2.16. The maximum atomic E-state index is 12.2. The summed E-state index contributed by atoms with van der Waals surface area (Å²) in [6.07, 6.45) is 0. The summed E-state index contributed by atoms with van der Waals surface area (Å²) in [6.45, 7) is 3.44. The Balaban J connectivity index is 2.67. The van der Waals surface area contributed by atoms with Gasteiger partial charge in [-0.25, -0.2) is 4.98 Å². The molecule has 5 heteroatoms. The van der Waals surface area contributed by atoms with Crippen LogP contribution in [0.3, 0.4) is 0 Å². The maximum Gasteiger partial charge on any atom is 0.282 e. The van der Waals surface area contributed by atoms with E-state index < -0.39 is 0 Å². The summed E-state index contributed by atoms with van der Waals surface area (Å²) in [5.74, 6) is 1.26. The minimum Gasteiger partial charge on any atom is -0.618 e. The Hall–Kier alpha value is -1.62. The van der Waals surface area contributed by atoms with E-state index in [1.165, 1.54) is 6.92 Å². The molecule has 94 valence electrons. The Morgan fingerprint density at radius 2 is 2.17 bits per heavy atom. The van der Waals surface area contributed by atoms with Crippen molar-refractivity contribution in [1.82, 2.24) is 4.98 Å². The zero-order chi connectivity index (χ0) is 13.1. The molecule has 18 heavy (non-hydrogen) atoms. The van der Waals surface area contributed by atoms with E-state index in [0.29, 0.717) is 27.2 Å². The van der Waals surface area contributed by atoms with Crippen molar-refractivity contribution in [3.05, 3.63) is 40.9 Å². The number of carbonyl (C=O) groups is 1. The number of para-hydroxylation sites is 2. The molecular weight excluding hydrogens is 248 g/mol. The fourth-order valence-corrected chi connectivity index (χ4v) is 2.41. The predicted octanol–water partition coefficient (Wildman–Crippen LogP) is 2.32. The first-order valence-electron chi connectivity index (χ1n) is 5.75. The number of fused-ring (bicyclic) bond motifs is 1. The van der Waals surface area contributed by atoms with Crippen LogP contribution in [0.4, 0.5) is 0 Å². The average molecular weight is 262 g/mol. The number of Topliss-reactive ketones (excluding diaryl/α,β-unsaturated/α-hetero) is 1. The van der Waals surface area contributed by atoms with Gasteiger partial charge in [0.15, 0.2) is 0 Å². The van der Waals surface area contributed by atoms with Gasteiger partial charge in [0.25, 0.3) is 5.69 Å². The number of thioether (sulfide) groups is 1. The molecule has 0 unspecified atom stereocenters. The van der Waals surface area contributed by atoms with E-state index in [-0.39, 0.29) is 11.5 Å². The van der Waals surface area contributed by atoms with Crippen LogP contribution in [-0.4, -0.2) is 16.5 Å². The topological polar surface area (TPSA) is 56.9 Å². The van der Waals surface area contributed by atoms with Gasteiger partial charge >= 0.3 is 0 Å². The highest BCUT2D eigenvalue weighted by Gasteiger charge is 2.22. The third-order valence-corrected chi connectivity index (χ3v) is 3.49. The highest BCUT2D eigenvalue weighted by molar-refractivity contribution is 7.98. The number of ketones is 1. The van der Waals surface area contributed by atoms with E-state index in [4.69, 9.17) is 0 Å². The second kappa shape index (κ2) is 5.35. The Morgan fingerprint density at radius 1 is 1.44 bits per heavy atom. The molecule has 1 aromatic heterocycles. The maximum absolute atomic E-state index is 12.2. The van der Waals surface area contributed by atoms with Crippen molar-refractivity contribution in [3.8, 4) is 0 Å². The summed E-state index contributed by atoms with van der Waals surface area (Å²) in [7, 11) is 0. The SMILES string of the molecule is CCSCc1nc2ccccc2[n+]([O-])c1C(C)=O. The summed E-state index contributed by atoms with van der Waals surface area (Å²) in [4.78, 5) is 16.1. The van der Waals surface area contributed by atoms with E-state index in [1.54, 1.807) is 30.0 Å². The molecule has 2 rings (SSSR count). The van der Waals surface area contributed by atoms with Crippen LogP contribution in [0.5, 0.6) is 0 Å². The van der Waals surface area contributed by atoms with Crippen molar-refractivity contribution in [2.24, 2.45) is 0 Å². The van der Waals surface area contributed by atoms with Crippen molar-refractivity contribution in [1.29, 1.82) is 0 Å². The second-order valence-electron chi connectivity index (χ2n) is 3.88.